The Bertz CT molecular complexity index is 107. The Morgan fingerprint density at radius 1 is 1.10 bits per heavy atom. The maximum absolute atomic E-state index is 5.51. The summed E-state index contributed by atoms with van der Waals surface area (Å²) in [4.78, 5) is 0. The lowest BCUT2D eigenvalue weighted by Crippen LogP contribution is -2.41. The Labute approximate surface area is 68.0 Å². The van der Waals surface area contributed by atoms with Gasteiger partial charge in [0, 0.05) is 5.04 Å². The normalized spacial score (nSPS) is 33.3. The zero-order valence-corrected chi connectivity index (χ0v) is 10.7. The summed E-state index contributed by atoms with van der Waals surface area (Å²) in [5, 5.41) is 0.254. The van der Waals surface area contributed by atoms with E-state index in [2.05, 4.69) is 20.8 Å². The lowest BCUT2D eigenvalue weighted by atomic mass is 10.3. The molecule has 1 saturated heterocycles. The largest absolute Gasteiger partial charge is 0.425 e. The van der Waals surface area contributed by atoms with Crippen molar-refractivity contribution >= 4 is 29.3 Å². The molecule has 10 heavy (non-hydrogen) atoms. The van der Waals surface area contributed by atoms with Crippen molar-refractivity contribution < 1.29 is 12.3 Å². The van der Waals surface area contributed by atoms with E-state index in [-0.39, 0.29) is 5.04 Å². The first-order chi connectivity index (χ1) is 4.61. The molecule has 0 amide bonds. The van der Waals surface area contributed by atoms with Crippen LogP contribution in [0.2, 0.25) is 5.04 Å². The monoisotopic (exact) mass is 194 g/mol. The maximum atomic E-state index is 5.51. The van der Waals surface area contributed by atoms with Crippen molar-refractivity contribution in [2.75, 3.05) is 0 Å². The summed E-state index contributed by atoms with van der Waals surface area (Å²) < 4.78 is 16.2. The summed E-state index contributed by atoms with van der Waals surface area (Å²) in [5.74, 6) is 0. The van der Waals surface area contributed by atoms with Crippen LogP contribution in [-0.4, -0.2) is 29.3 Å². The third-order valence-electron chi connectivity index (χ3n) is 1.31. The number of hydrogen-bond donors (Lipinski definition) is 0. The lowest BCUT2D eigenvalue weighted by Gasteiger charge is -2.31. The molecule has 0 spiro atoms. The van der Waals surface area contributed by atoms with Gasteiger partial charge in [0.05, 0.1) is 0 Å². The number of hydrogen-bond acceptors (Lipinski definition) is 3. The number of rotatable bonds is 0. The molecule has 0 radical (unpaired) electrons. The van der Waals surface area contributed by atoms with Gasteiger partial charge >= 0.3 is 9.28 Å². The van der Waals surface area contributed by atoms with E-state index in [1.165, 1.54) is 0 Å². The van der Waals surface area contributed by atoms with E-state index in [9.17, 15) is 0 Å². The Morgan fingerprint density at radius 3 is 1.90 bits per heavy atom. The van der Waals surface area contributed by atoms with Crippen molar-refractivity contribution in [1.29, 1.82) is 0 Å². The molecule has 0 unspecified atom stereocenters. The molecule has 1 aliphatic heterocycles. The van der Waals surface area contributed by atoms with Crippen molar-refractivity contribution in [3.63, 3.8) is 0 Å². The van der Waals surface area contributed by atoms with Crippen molar-refractivity contribution in [3.8, 4) is 0 Å². The molecule has 1 fully saturated rings. The van der Waals surface area contributed by atoms with Crippen LogP contribution in [0, 0.1) is 0 Å². The first-order valence-electron chi connectivity index (χ1n) is 3.41. The fraction of sp³-hybridized carbons (Fsp3) is 1.00. The second-order valence-electron chi connectivity index (χ2n) is 3.47. The Balaban J connectivity index is 2.39. The van der Waals surface area contributed by atoms with Gasteiger partial charge < -0.3 is 12.3 Å². The predicted molar refractivity (Wildman–Crippen MR) is 47.2 cm³/mol. The Hall–Kier alpha value is 0.531. The summed E-state index contributed by atoms with van der Waals surface area (Å²) in [6.07, 6.45) is 0. The van der Waals surface area contributed by atoms with Crippen LogP contribution in [0.5, 0.6) is 0 Å². The second kappa shape index (κ2) is 3.28. The lowest BCUT2D eigenvalue weighted by molar-refractivity contribution is 0.298. The zero-order valence-electron chi connectivity index (χ0n) is 6.72. The van der Waals surface area contributed by atoms with Gasteiger partial charge in [-0.1, -0.05) is 20.8 Å². The molecule has 0 bridgehead atoms. The fourth-order valence-corrected chi connectivity index (χ4v) is 9.82. The molecule has 0 aliphatic carbocycles. The summed E-state index contributed by atoms with van der Waals surface area (Å²) in [7, 11) is -2.56. The Morgan fingerprint density at radius 2 is 1.60 bits per heavy atom. The van der Waals surface area contributed by atoms with E-state index in [1.54, 1.807) is 0 Å². The van der Waals surface area contributed by atoms with Crippen molar-refractivity contribution in [1.82, 2.24) is 0 Å². The molecule has 0 aromatic rings. The van der Waals surface area contributed by atoms with Crippen LogP contribution in [-0.2, 0) is 12.3 Å². The topological polar surface area (TPSA) is 27.7 Å². The Kier molecular flexibility index (Phi) is 2.83. The average Bonchev–Trinajstić information content (AvgIpc) is 1.88. The molecule has 1 aliphatic rings. The highest BCUT2D eigenvalue weighted by Crippen LogP contribution is 2.28. The molecule has 3 nitrogen and oxygen atoms in total. The second-order valence-corrected chi connectivity index (χ2v) is 10.6. The van der Waals surface area contributed by atoms with E-state index in [1.807, 2.05) is 0 Å². The minimum atomic E-state index is -1.32. The van der Waals surface area contributed by atoms with Crippen LogP contribution in [0.1, 0.15) is 20.8 Å². The standard InChI is InChI=1S/C4H14O3Si3/c1-4(2,3)10-6-8-5-9-7-10/h10H,8-9H2,1-3H3. The minimum Gasteiger partial charge on any atom is -0.425 e. The van der Waals surface area contributed by atoms with Crippen LogP contribution in [0.15, 0.2) is 0 Å². The average molecular weight is 194 g/mol. The van der Waals surface area contributed by atoms with Gasteiger partial charge in [0.15, 0.2) is 0 Å². The summed E-state index contributed by atoms with van der Waals surface area (Å²) in [6, 6.07) is 0. The van der Waals surface area contributed by atoms with Gasteiger partial charge in [0.25, 0.3) is 20.0 Å². The molecule has 60 valence electrons. The van der Waals surface area contributed by atoms with Gasteiger partial charge in [-0.2, -0.15) is 0 Å². The predicted octanol–water partition coefficient (Wildman–Crippen LogP) is -0.932. The van der Waals surface area contributed by atoms with Gasteiger partial charge in [0.2, 0.25) is 0 Å². The fourth-order valence-electron chi connectivity index (χ4n) is 0.802. The van der Waals surface area contributed by atoms with Crippen molar-refractivity contribution in [3.05, 3.63) is 0 Å². The molecular formula is C4H14O3Si3. The van der Waals surface area contributed by atoms with E-state index < -0.39 is 29.3 Å². The first-order valence-corrected chi connectivity index (χ1v) is 7.24. The zero-order chi connectivity index (χ0) is 7.61. The maximum Gasteiger partial charge on any atom is 0.308 e. The van der Waals surface area contributed by atoms with Crippen molar-refractivity contribution in [2.45, 2.75) is 25.8 Å². The summed E-state index contributed by atoms with van der Waals surface area (Å²) in [5.41, 5.74) is 0. The van der Waals surface area contributed by atoms with Crippen LogP contribution in [0.3, 0.4) is 0 Å². The van der Waals surface area contributed by atoms with Gasteiger partial charge in [-0.15, -0.1) is 0 Å². The molecule has 6 heteroatoms. The van der Waals surface area contributed by atoms with Gasteiger partial charge in [-0.05, 0) is 0 Å². The third kappa shape index (κ3) is 2.29. The highest BCUT2D eigenvalue weighted by atomic mass is 28.4. The molecule has 0 saturated carbocycles. The van der Waals surface area contributed by atoms with Gasteiger partial charge in [-0.3, -0.25) is 0 Å². The van der Waals surface area contributed by atoms with Crippen LogP contribution in [0.4, 0.5) is 0 Å². The molecule has 0 aromatic heterocycles. The molecule has 0 atom stereocenters. The molecule has 0 N–H and O–H groups in total. The molecular weight excluding hydrogens is 180 g/mol. The molecule has 1 heterocycles. The van der Waals surface area contributed by atoms with Gasteiger partial charge in [-0.25, -0.2) is 0 Å². The van der Waals surface area contributed by atoms with Crippen LogP contribution >= 0.6 is 0 Å². The third-order valence-corrected chi connectivity index (χ3v) is 7.57. The molecule has 0 aromatic carbocycles. The van der Waals surface area contributed by atoms with Crippen LogP contribution < -0.4 is 0 Å². The van der Waals surface area contributed by atoms with E-state index in [0.717, 1.165) is 0 Å². The minimum absolute atomic E-state index is 0.254. The van der Waals surface area contributed by atoms with Crippen molar-refractivity contribution in [2.24, 2.45) is 0 Å². The SMILES string of the molecule is CC(C)(C)[SiH]1O[SiH2]O[SiH2]O1. The van der Waals surface area contributed by atoms with E-state index in [0.29, 0.717) is 0 Å². The summed E-state index contributed by atoms with van der Waals surface area (Å²) >= 11 is 0. The van der Waals surface area contributed by atoms with E-state index >= 15 is 0 Å². The smallest absolute Gasteiger partial charge is 0.308 e. The quantitative estimate of drug-likeness (QED) is 0.466. The summed E-state index contributed by atoms with van der Waals surface area (Å²) in [6.45, 7) is 6.54. The van der Waals surface area contributed by atoms with Crippen LogP contribution in [0.25, 0.3) is 0 Å². The van der Waals surface area contributed by atoms with E-state index in [4.69, 9.17) is 12.3 Å². The molecule has 1 rings (SSSR count). The first kappa shape index (κ1) is 8.63. The van der Waals surface area contributed by atoms with Gasteiger partial charge in [0.1, 0.15) is 0 Å². The highest BCUT2D eigenvalue weighted by molar-refractivity contribution is 6.63. The highest BCUT2D eigenvalue weighted by Gasteiger charge is 2.31.